The number of hydrogen-bond donors (Lipinski definition) is 1. The summed E-state index contributed by atoms with van der Waals surface area (Å²) >= 11 is 6.87. The molecule has 2 aromatic carbocycles. The zero-order valence-corrected chi connectivity index (χ0v) is 27.1. The van der Waals surface area contributed by atoms with Crippen LogP contribution in [0, 0.1) is 0 Å². The number of benzene rings is 2. The van der Waals surface area contributed by atoms with Crippen molar-refractivity contribution in [1.29, 1.82) is 0 Å². The van der Waals surface area contributed by atoms with Crippen molar-refractivity contribution in [2.45, 2.75) is 13.5 Å². The molecular formula is C33H38ClN9O3. The third-order valence-electron chi connectivity index (χ3n) is 8.81. The molecule has 0 atom stereocenters. The fourth-order valence-corrected chi connectivity index (χ4v) is 6.45. The Bertz CT molecular complexity index is 1830. The molecule has 0 aliphatic carbocycles. The van der Waals surface area contributed by atoms with Crippen molar-refractivity contribution >= 4 is 45.6 Å². The lowest BCUT2D eigenvalue weighted by Crippen LogP contribution is -2.46. The van der Waals surface area contributed by atoms with Crippen LogP contribution in [0.3, 0.4) is 0 Å². The van der Waals surface area contributed by atoms with E-state index in [9.17, 15) is 0 Å². The summed E-state index contributed by atoms with van der Waals surface area (Å²) in [6, 6.07) is 14.1. The fourth-order valence-electron chi connectivity index (χ4n) is 6.16. The SMILES string of the molecule is CCN1CCN(c2ccc(Nc3ncc4cc(-c5cc(OC)cc(OC)c5Cl)c5nnc(CN6CCOCC6)n5c4n3)cc2)CC1. The maximum absolute atomic E-state index is 6.87. The van der Waals surface area contributed by atoms with Crippen LogP contribution in [0.25, 0.3) is 27.8 Å². The molecule has 5 aromatic rings. The van der Waals surface area contributed by atoms with E-state index in [1.54, 1.807) is 20.3 Å². The summed E-state index contributed by atoms with van der Waals surface area (Å²) in [5.41, 5.74) is 4.95. The van der Waals surface area contributed by atoms with E-state index in [1.165, 1.54) is 5.69 Å². The number of anilines is 3. The second-order valence-corrected chi connectivity index (χ2v) is 11.9. The number of halogens is 1. The minimum Gasteiger partial charge on any atom is -0.497 e. The van der Waals surface area contributed by atoms with Gasteiger partial charge in [0.15, 0.2) is 17.1 Å². The highest BCUT2D eigenvalue weighted by atomic mass is 35.5. The quantitative estimate of drug-likeness (QED) is 0.241. The van der Waals surface area contributed by atoms with Crippen LogP contribution in [0.15, 0.2) is 48.7 Å². The number of piperazine rings is 1. The molecule has 2 fully saturated rings. The van der Waals surface area contributed by atoms with Gasteiger partial charge in [-0.15, -0.1) is 10.2 Å². The van der Waals surface area contributed by atoms with Gasteiger partial charge in [0.05, 0.1) is 39.0 Å². The van der Waals surface area contributed by atoms with E-state index in [0.717, 1.165) is 68.3 Å². The van der Waals surface area contributed by atoms with Crippen molar-refractivity contribution in [2.75, 3.05) is 83.5 Å². The van der Waals surface area contributed by atoms with E-state index in [-0.39, 0.29) is 0 Å². The van der Waals surface area contributed by atoms with Crippen LogP contribution in [-0.2, 0) is 11.3 Å². The number of hydrogen-bond acceptors (Lipinski definition) is 11. The summed E-state index contributed by atoms with van der Waals surface area (Å²) < 4.78 is 18.7. The number of fused-ring (bicyclic) bond motifs is 3. The number of morpholine rings is 1. The van der Waals surface area contributed by atoms with Crippen LogP contribution in [-0.4, -0.2) is 108 Å². The first-order chi connectivity index (χ1) is 22.5. The Morgan fingerprint density at radius 2 is 1.65 bits per heavy atom. The van der Waals surface area contributed by atoms with Crippen LogP contribution in [0.4, 0.5) is 17.3 Å². The molecule has 0 saturated carbocycles. The van der Waals surface area contributed by atoms with Gasteiger partial charge < -0.3 is 29.3 Å². The summed E-state index contributed by atoms with van der Waals surface area (Å²) in [7, 11) is 3.20. The predicted octanol–water partition coefficient (Wildman–Crippen LogP) is 4.73. The topological polar surface area (TPSA) is 105 Å². The number of rotatable bonds is 9. The van der Waals surface area contributed by atoms with Crippen LogP contribution >= 0.6 is 11.6 Å². The van der Waals surface area contributed by atoms with E-state index in [2.05, 4.69) is 61.4 Å². The number of nitrogens with one attached hydrogen (secondary N) is 1. The molecule has 0 bridgehead atoms. The lowest BCUT2D eigenvalue weighted by Gasteiger charge is -2.35. The lowest BCUT2D eigenvalue weighted by molar-refractivity contribution is 0.0329. The average Bonchev–Trinajstić information content (AvgIpc) is 3.53. The van der Waals surface area contributed by atoms with Crippen molar-refractivity contribution in [3.05, 3.63) is 59.5 Å². The van der Waals surface area contributed by atoms with Gasteiger partial charge in [-0.25, -0.2) is 4.98 Å². The van der Waals surface area contributed by atoms with Gasteiger partial charge in [0.25, 0.3) is 0 Å². The molecule has 0 spiro atoms. The largest absolute Gasteiger partial charge is 0.497 e. The fraction of sp³-hybridized carbons (Fsp3) is 0.394. The molecule has 5 heterocycles. The zero-order chi connectivity index (χ0) is 31.6. The molecule has 1 N–H and O–H groups in total. The van der Waals surface area contributed by atoms with Crippen molar-refractivity contribution < 1.29 is 14.2 Å². The van der Waals surface area contributed by atoms with Gasteiger partial charge in [-0.1, -0.05) is 18.5 Å². The molecule has 13 heteroatoms. The van der Waals surface area contributed by atoms with Crippen molar-refractivity contribution in [2.24, 2.45) is 0 Å². The number of likely N-dealkylation sites (N-methyl/N-ethyl adjacent to an activating group) is 1. The molecule has 12 nitrogen and oxygen atoms in total. The van der Waals surface area contributed by atoms with Crippen molar-refractivity contribution in [3.8, 4) is 22.6 Å². The Labute approximate surface area is 272 Å². The van der Waals surface area contributed by atoms with Crippen molar-refractivity contribution in [1.82, 2.24) is 34.4 Å². The molecule has 2 aliphatic rings. The molecular weight excluding hydrogens is 606 g/mol. The number of pyridine rings is 1. The van der Waals surface area contributed by atoms with Gasteiger partial charge in [-0.3, -0.25) is 9.30 Å². The number of nitrogens with zero attached hydrogens (tertiary/aromatic N) is 8. The number of ether oxygens (including phenoxy) is 3. The van der Waals surface area contributed by atoms with Gasteiger partial charge in [-0.05, 0) is 42.9 Å². The van der Waals surface area contributed by atoms with Gasteiger partial charge >= 0.3 is 0 Å². The highest BCUT2D eigenvalue weighted by Gasteiger charge is 2.23. The van der Waals surface area contributed by atoms with Crippen LogP contribution in [0.1, 0.15) is 12.7 Å². The molecule has 0 amide bonds. The minimum absolute atomic E-state index is 0.456. The maximum atomic E-state index is 6.87. The first-order valence-corrected chi connectivity index (χ1v) is 16.0. The standard InChI is InChI=1S/C33H38ClN9O3/c1-4-40-9-11-42(12-10-40)24-7-5-23(6-8-24)36-33-35-20-22-17-27(26-18-25(44-2)19-28(45-3)30(26)34)32-39-38-29(43(32)31(22)37-33)21-41-13-15-46-16-14-41/h5-8,17-20H,4,9-16,21H2,1-3H3,(H,35,36,37). The molecule has 7 rings (SSSR count). The molecule has 46 heavy (non-hydrogen) atoms. The first-order valence-electron chi connectivity index (χ1n) is 15.6. The minimum atomic E-state index is 0.456. The normalized spacial score (nSPS) is 16.3. The van der Waals surface area contributed by atoms with E-state index < -0.39 is 0 Å². The number of aromatic nitrogens is 5. The van der Waals surface area contributed by atoms with Gasteiger partial charge in [0.1, 0.15) is 11.5 Å². The van der Waals surface area contributed by atoms with Crippen LogP contribution < -0.4 is 19.7 Å². The van der Waals surface area contributed by atoms with Crippen LogP contribution in [0.2, 0.25) is 5.02 Å². The number of methoxy groups -OCH3 is 2. The Morgan fingerprint density at radius 1 is 0.870 bits per heavy atom. The Hall–Kier alpha value is -4.23. The monoisotopic (exact) mass is 643 g/mol. The summed E-state index contributed by atoms with van der Waals surface area (Å²) in [5, 5.41) is 14.0. The smallest absolute Gasteiger partial charge is 0.229 e. The Morgan fingerprint density at radius 3 is 2.37 bits per heavy atom. The Balaban J connectivity index is 1.27. The Kier molecular flexibility index (Phi) is 8.76. The molecule has 240 valence electrons. The summed E-state index contributed by atoms with van der Waals surface area (Å²) in [5.74, 6) is 2.38. The van der Waals surface area contributed by atoms with Gasteiger partial charge in [0.2, 0.25) is 5.95 Å². The highest BCUT2D eigenvalue weighted by molar-refractivity contribution is 6.35. The summed E-state index contributed by atoms with van der Waals surface area (Å²) in [4.78, 5) is 16.9. The third-order valence-corrected chi connectivity index (χ3v) is 9.20. The highest BCUT2D eigenvalue weighted by Crippen LogP contribution is 2.41. The average molecular weight is 644 g/mol. The molecule has 2 aliphatic heterocycles. The molecule has 0 unspecified atom stereocenters. The van der Waals surface area contributed by atoms with E-state index >= 15 is 0 Å². The van der Waals surface area contributed by atoms with E-state index in [4.69, 9.17) is 35.8 Å². The first kappa shape index (κ1) is 30.4. The zero-order valence-electron chi connectivity index (χ0n) is 26.4. The van der Waals surface area contributed by atoms with Gasteiger partial charge in [-0.2, -0.15) is 4.98 Å². The van der Waals surface area contributed by atoms with E-state index in [1.807, 2.05) is 22.7 Å². The van der Waals surface area contributed by atoms with Gasteiger partial charge in [0, 0.05) is 79.4 Å². The third kappa shape index (κ3) is 6.01. The molecule has 2 saturated heterocycles. The summed E-state index contributed by atoms with van der Waals surface area (Å²) in [6.07, 6.45) is 1.82. The van der Waals surface area contributed by atoms with E-state index in [0.29, 0.717) is 59.1 Å². The molecule has 0 radical (unpaired) electrons. The van der Waals surface area contributed by atoms with Crippen LogP contribution in [0.5, 0.6) is 11.5 Å². The second kappa shape index (κ2) is 13.2. The second-order valence-electron chi connectivity index (χ2n) is 11.5. The molecule has 3 aromatic heterocycles. The lowest BCUT2D eigenvalue weighted by atomic mass is 10.0. The summed E-state index contributed by atoms with van der Waals surface area (Å²) in [6.45, 7) is 11.2. The maximum Gasteiger partial charge on any atom is 0.229 e. The predicted molar refractivity (Wildman–Crippen MR) is 180 cm³/mol. The van der Waals surface area contributed by atoms with Crippen molar-refractivity contribution in [3.63, 3.8) is 0 Å².